The van der Waals surface area contributed by atoms with E-state index in [1.165, 1.54) is 11.3 Å². The number of anilines is 1. The van der Waals surface area contributed by atoms with Crippen molar-refractivity contribution in [3.05, 3.63) is 50.6 Å². The van der Waals surface area contributed by atoms with Crippen LogP contribution in [0.25, 0.3) is 0 Å². The van der Waals surface area contributed by atoms with Crippen molar-refractivity contribution in [3.8, 4) is 0 Å². The second-order valence-corrected chi connectivity index (χ2v) is 5.09. The van der Waals surface area contributed by atoms with Gasteiger partial charge >= 0.3 is 0 Å². The first-order valence-electron chi connectivity index (χ1n) is 4.76. The van der Waals surface area contributed by atoms with Crippen LogP contribution in [0.15, 0.2) is 39.5 Å². The van der Waals surface area contributed by atoms with Crippen molar-refractivity contribution in [1.29, 1.82) is 0 Å². The van der Waals surface area contributed by atoms with Gasteiger partial charge in [0.15, 0.2) is 0 Å². The van der Waals surface area contributed by atoms with Crippen LogP contribution in [-0.4, -0.2) is 5.91 Å². The van der Waals surface area contributed by atoms with Crippen molar-refractivity contribution in [2.45, 2.75) is 6.92 Å². The molecule has 1 aromatic carbocycles. The third kappa shape index (κ3) is 2.51. The van der Waals surface area contributed by atoms with Crippen LogP contribution in [0.4, 0.5) is 5.69 Å². The quantitative estimate of drug-likeness (QED) is 0.889. The molecule has 82 valence electrons. The fraction of sp³-hybridized carbons (Fsp3) is 0.0833. The number of amides is 1. The van der Waals surface area contributed by atoms with Gasteiger partial charge in [-0.25, -0.2) is 0 Å². The van der Waals surface area contributed by atoms with Crippen molar-refractivity contribution in [3.63, 3.8) is 0 Å². The molecule has 0 saturated carbocycles. The number of halogens is 1. The van der Waals surface area contributed by atoms with Crippen LogP contribution in [0.2, 0.25) is 0 Å². The van der Waals surface area contributed by atoms with Crippen molar-refractivity contribution < 1.29 is 4.79 Å². The first-order valence-corrected chi connectivity index (χ1v) is 6.50. The van der Waals surface area contributed by atoms with Gasteiger partial charge in [0, 0.05) is 15.5 Å². The summed E-state index contributed by atoms with van der Waals surface area (Å²) < 4.78 is 0.997. The fourth-order valence-electron chi connectivity index (χ4n) is 1.32. The minimum Gasteiger partial charge on any atom is -0.322 e. The zero-order chi connectivity index (χ0) is 11.5. The Morgan fingerprint density at radius 2 is 1.94 bits per heavy atom. The summed E-state index contributed by atoms with van der Waals surface area (Å²) in [6.07, 6.45) is 0. The minimum atomic E-state index is -0.0546. The molecule has 16 heavy (non-hydrogen) atoms. The van der Waals surface area contributed by atoms with Crippen molar-refractivity contribution in [2.75, 3.05) is 5.32 Å². The van der Waals surface area contributed by atoms with Gasteiger partial charge in [-0.3, -0.25) is 4.79 Å². The van der Waals surface area contributed by atoms with E-state index >= 15 is 0 Å². The van der Waals surface area contributed by atoms with E-state index in [0.29, 0.717) is 0 Å². The first kappa shape index (κ1) is 11.4. The lowest BCUT2D eigenvalue weighted by Gasteiger charge is -2.04. The average molecular weight is 296 g/mol. The van der Waals surface area contributed by atoms with Crippen LogP contribution in [0.1, 0.15) is 15.9 Å². The minimum absolute atomic E-state index is 0.0546. The van der Waals surface area contributed by atoms with E-state index < -0.39 is 0 Å². The predicted octanol–water partition coefficient (Wildman–Crippen LogP) is 4.07. The molecule has 0 aliphatic carbocycles. The zero-order valence-electron chi connectivity index (χ0n) is 8.66. The summed E-state index contributed by atoms with van der Waals surface area (Å²) in [7, 11) is 0. The van der Waals surface area contributed by atoms with Crippen molar-refractivity contribution >= 4 is 38.9 Å². The molecule has 4 heteroatoms. The second-order valence-electron chi connectivity index (χ2n) is 3.43. The van der Waals surface area contributed by atoms with E-state index in [0.717, 1.165) is 21.3 Å². The zero-order valence-corrected chi connectivity index (χ0v) is 11.1. The van der Waals surface area contributed by atoms with E-state index in [1.807, 2.05) is 41.9 Å². The van der Waals surface area contributed by atoms with Gasteiger partial charge in [0.05, 0.1) is 5.56 Å². The van der Waals surface area contributed by atoms with Gasteiger partial charge in [0.25, 0.3) is 5.91 Å². The predicted molar refractivity (Wildman–Crippen MR) is 71.2 cm³/mol. The molecule has 0 spiro atoms. The van der Waals surface area contributed by atoms with Crippen molar-refractivity contribution in [1.82, 2.24) is 0 Å². The third-order valence-electron chi connectivity index (χ3n) is 2.20. The summed E-state index contributed by atoms with van der Waals surface area (Å²) in [5.41, 5.74) is 2.56. The lowest BCUT2D eigenvalue weighted by molar-refractivity contribution is 0.102. The summed E-state index contributed by atoms with van der Waals surface area (Å²) in [4.78, 5) is 11.9. The fourth-order valence-corrected chi connectivity index (χ4v) is 2.42. The molecule has 0 aliphatic heterocycles. The van der Waals surface area contributed by atoms with E-state index in [1.54, 1.807) is 0 Å². The molecule has 0 radical (unpaired) electrons. The number of thiophene rings is 1. The van der Waals surface area contributed by atoms with Crippen LogP contribution in [0, 0.1) is 6.92 Å². The number of aryl methyl sites for hydroxylation is 1. The van der Waals surface area contributed by atoms with E-state index in [9.17, 15) is 4.79 Å². The number of benzene rings is 1. The highest BCUT2D eigenvalue weighted by Crippen LogP contribution is 2.18. The Hall–Kier alpha value is -1.13. The number of carbonyl (C=O) groups excluding carboxylic acids is 1. The van der Waals surface area contributed by atoms with Crippen LogP contribution in [0.3, 0.4) is 0 Å². The average Bonchev–Trinajstić information content (AvgIpc) is 2.68. The number of rotatable bonds is 2. The van der Waals surface area contributed by atoms with Gasteiger partial charge in [0.1, 0.15) is 0 Å². The maximum atomic E-state index is 11.9. The summed E-state index contributed by atoms with van der Waals surface area (Å²) in [5.74, 6) is -0.0546. The Labute approximate surface area is 106 Å². The van der Waals surface area contributed by atoms with Gasteiger partial charge < -0.3 is 5.32 Å². The molecular formula is C12H10BrNOS. The Morgan fingerprint density at radius 3 is 2.50 bits per heavy atom. The maximum Gasteiger partial charge on any atom is 0.256 e. The van der Waals surface area contributed by atoms with Crippen LogP contribution in [-0.2, 0) is 0 Å². The van der Waals surface area contributed by atoms with Crippen molar-refractivity contribution in [2.24, 2.45) is 0 Å². The lowest BCUT2D eigenvalue weighted by atomic mass is 10.2. The highest BCUT2D eigenvalue weighted by molar-refractivity contribution is 9.10. The highest BCUT2D eigenvalue weighted by Gasteiger charge is 2.09. The largest absolute Gasteiger partial charge is 0.322 e. The molecule has 0 fully saturated rings. The summed E-state index contributed by atoms with van der Waals surface area (Å²) in [6, 6.07) is 7.53. The Balaban J connectivity index is 2.14. The van der Waals surface area contributed by atoms with Gasteiger partial charge in [-0.05, 0) is 42.1 Å². The van der Waals surface area contributed by atoms with Crippen LogP contribution in [0.5, 0.6) is 0 Å². The monoisotopic (exact) mass is 295 g/mol. The summed E-state index contributed by atoms with van der Waals surface area (Å²) in [5, 5.41) is 6.69. The number of carbonyl (C=O) groups is 1. The SMILES string of the molecule is Cc1cscc1C(=O)Nc1ccc(Br)cc1. The highest BCUT2D eigenvalue weighted by atomic mass is 79.9. The molecule has 1 aromatic heterocycles. The number of hydrogen-bond acceptors (Lipinski definition) is 2. The molecule has 1 heterocycles. The number of nitrogens with one attached hydrogen (secondary N) is 1. The van der Waals surface area contributed by atoms with E-state index in [4.69, 9.17) is 0 Å². The second kappa shape index (κ2) is 4.80. The number of hydrogen-bond donors (Lipinski definition) is 1. The standard InChI is InChI=1S/C12H10BrNOS/c1-8-6-16-7-11(8)12(15)14-10-4-2-9(13)3-5-10/h2-7H,1H3,(H,14,15). The molecule has 1 amide bonds. The van der Waals surface area contributed by atoms with E-state index in [2.05, 4.69) is 21.2 Å². The maximum absolute atomic E-state index is 11.9. The Kier molecular flexibility index (Phi) is 3.41. The molecule has 0 saturated heterocycles. The first-order chi connectivity index (χ1) is 7.66. The molecule has 2 nitrogen and oxygen atoms in total. The lowest BCUT2D eigenvalue weighted by Crippen LogP contribution is -2.11. The molecule has 2 aromatic rings. The smallest absolute Gasteiger partial charge is 0.256 e. The molecule has 0 atom stereocenters. The molecule has 2 rings (SSSR count). The Morgan fingerprint density at radius 1 is 1.25 bits per heavy atom. The van der Waals surface area contributed by atoms with Gasteiger partial charge in [0.2, 0.25) is 0 Å². The summed E-state index contributed by atoms with van der Waals surface area (Å²) >= 11 is 4.89. The molecule has 0 aliphatic rings. The van der Waals surface area contributed by atoms with Crippen LogP contribution < -0.4 is 5.32 Å². The molecular weight excluding hydrogens is 286 g/mol. The third-order valence-corrected chi connectivity index (χ3v) is 3.59. The van der Waals surface area contributed by atoms with Crippen LogP contribution >= 0.6 is 27.3 Å². The van der Waals surface area contributed by atoms with Gasteiger partial charge in [-0.2, -0.15) is 11.3 Å². The van der Waals surface area contributed by atoms with Gasteiger partial charge in [-0.1, -0.05) is 15.9 Å². The van der Waals surface area contributed by atoms with E-state index in [-0.39, 0.29) is 5.91 Å². The normalized spacial score (nSPS) is 10.1. The molecule has 0 bridgehead atoms. The van der Waals surface area contributed by atoms with Gasteiger partial charge in [-0.15, -0.1) is 0 Å². The molecule has 1 N–H and O–H groups in total. The molecule has 0 unspecified atom stereocenters. The summed E-state index contributed by atoms with van der Waals surface area (Å²) in [6.45, 7) is 1.94. The Bertz CT molecular complexity index is 504. The topological polar surface area (TPSA) is 29.1 Å².